The summed E-state index contributed by atoms with van der Waals surface area (Å²) in [6.45, 7) is 0.918. The van der Waals surface area contributed by atoms with E-state index in [0.29, 0.717) is 11.1 Å². The molecule has 96 valence electrons. The fourth-order valence-corrected chi connectivity index (χ4v) is 3.68. The summed E-state index contributed by atoms with van der Waals surface area (Å²) >= 11 is 6.84. The third-order valence-electron chi connectivity index (χ3n) is 3.39. The van der Waals surface area contributed by atoms with Gasteiger partial charge in [-0.15, -0.1) is 11.3 Å². The van der Waals surface area contributed by atoms with Crippen molar-refractivity contribution in [1.29, 1.82) is 0 Å². The zero-order chi connectivity index (χ0) is 12.5. The van der Waals surface area contributed by atoms with Gasteiger partial charge in [-0.05, 0) is 24.5 Å². The summed E-state index contributed by atoms with van der Waals surface area (Å²) in [6, 6.07) is 2.26. The molecular formula is C13H16N2OS2. The number of thiocarbonyl (C=S) groups is 1. The summed E-state index contributed by atoms with van der Waals surface area (Å²) in [5, 5.41) is 4.51. The second kappa shape index (κ2) is 4.99. The Bertz CT molecular complexity index is 501. The van der Waals surface area contributed by atoms with Crippen molar-refractivity contribution >= 4 is 33.5 Å². The Morgan fingerprint density at radius 3 is 3.22 bits per heavy atom. The summed E-state index contributed by atoms with van der Waals surface area (Å²) in [6.07, 6.45) is 6.60. The van der Waals surface area contributed by atoms with Crippen LogP contribution in [0.15, 0.2) is 17.8 Å². The molecule has 1 fully saturated rings. The first-order valence-electron chi connectivity index (χ1n) is 6.21. The zero-order valence-corrected chi connectivity index (χ0v) is 11.7. The van der Waals surface area contributed by atoms with Crippen LogP contribution >= 0.6 is 23.6 Å². The lowest BCUT2D eigenvalue weighted by atomic mass is 10.0. The monoisotopic (exact) mass is 280 g/mol. The van der Waals surface area contributed by atoms with Gasteiger partial charge in [0.1, 0.15) is 4.99 Å². The van der Waals surface area contributed by atoms with E-state index in [1.165, 1.54) is 28.3 Å². The summed E-state index contributed by atoms with van der Waals surface area (Å²) in [4.78, 5) is 1.87. The van der Waals surface area contributed by atoms with Gasteiger partial charge in [-0.25, -0.2) is 0 Å². The second-order valence-corrected chi connectivity index (χ2v) is 6.34. The van der Waals surface area contributed by atoms with Crippen LogP contribution in [0.5, 0.6) is 0 Å². The van der Waals surface area contributed by atoms with E-state index in [2.05, 4.69) is 11.4 Å². The van der Waals surface area contributed by atoms with Crippen LogP contribution in [0.3, 0.4) is 0 Å². The number of ether oxygens (including phenoxy) is 1. The highest BCUT2D eigenvalue weighted by molar-refractivity contribution is 7.80. The molecule has 18 heavy (non-hydrogen) atoms. The Hall–Kier alpha value is -0.910. The largest absolute Gasteiger partial charge is 0.390 e. The van der Waals surface area contributed by atoms with Crippen LogP contribution in [0, 0.1) is 0 Å². The first kappa shape index (κ1) is 12.1. The maximum atomic E-state index is 5.68. The molecule has 2 aliphatic heterocycles. The highest BCUT2D eigenvalue weighted by atomic mass is 32.1. The molecule has 3 nitrogen and oxygen atoms in total. The van der Waals surface area contributed by atoms with Crippen molar-refractivity contribution in [2.75, 3.05) is 11.9 Å². The molecule has 3 heterocycles. The summed E-state index contributed by atoms with van der Waals surface area (Å²) in [5.41, 5.74) is 7.99. The molecule has 1 unspecified atom stereocenters. The minimum atomic E-state index is 0.410. The van der Waals surface area contributed by atoms with Gasteiger partial charge in [0.15, 0.2) is 0 Å². The van der Waals surface area contributed by atoms with Gasteiger partial charge in [0, 0.05) is 36.1 Å². The van der Waals surface area contributed by atoms with E-state index in [-0.39, 0.29) is 0 Å². The lowest BCUT2D eigenvalue weighted by molar-refractivity contribution is 0.112. The van der Waals surface area contributed by atoms with Gasteiger partial charge in [-0.3, -0.25) is 0 Å². The molecule has 5 heteroatoms. The smallest absolute Gasteiger partial charge is 0.101 e. The number of anilines is 1. The topological polar surface area (TPSA) is 47.3 Å². The molecule has 2 aliphatic rings. The van der Waals surface area contributed by atoms with Crippen molar-refractivity contribution in [1.82, 2.24) is 0 Å². The molecule has 1 saturated heterocycles. The van der Waals surface area contributed by atoms with Gasteiger partial charge < -0.3 is 15.8 Å². The molecule has 3 N–H and O–H groups in total. The molecule has 0 spiro atoms. The predicted molar refractivity (Wildman–Crippen MR) is 79.2 cm³/mol. The van der Waals surface area contributed by atoms with E-state index in [4.69, 9.17) is 22.7 Å². The summed E-state index contributed by atoms with van der Waals surface area (Å²) in [7, 11) is 0. The number of fused-ring (bicyclic) bond motifs is 1. The second-order valence-electron chi connectivity index (χ2n) is 4.76. The van der Waals surface area contributed by atoms with E-state index < -0.39 is 0 Å². The molecule has 3 rings (SSSR count). The van der Waals surface area contributed by atoms with Crippen molar-refractivity contribution in [2.45, 2.75) is 31.8 Å². The van der Waals surface area contributed by atoms with Gasteiger partial charge in [0.25, 0.3) is 0 Å². The Morgan fingerprint density at radius 1 is 1.61 bits per heavy atom. The predicted octanol–water partition coefficient (Wildman–Crippen LogP) is 2.61. The molecule has 0 radical (unpaired) electrons. The Kier molecular flexibility index (Phi) is 3.37. The molecule has 0 bridgehead atoms. The van der Waals surface area contributed by atoms with Crippen molar-refractivity contribution in [3.05, 3.63) is 28.3 Å². The Balaban J connectivity index is 1.72. The zero-order valence-electron chi connectivity index (χ0n) is 10.1. The molecule has 1 aromatic heterocycles. The van der Waals surface area contributed by atoms with Crippen LogP contribution in [0.1, 0.15) is 23.3 Å². The van der Waals surface area contributed by atoms with Gasteiger partial charge >= 0.3 is 0 Å². The molecular weight excluding hydrogens is 264 g/mol. The first-order valence-corrected chi connectivity index (χ1v) is 7.43. The fourth-order valence-electron chi connectivity index (χ4n) is 2.44. The quantitative estimate of drug-likeness (QED) is 0.836. The van der Waals surface area contributed by atoms with Crippen molar-refractivity contribution in [3.8, 4) is 0 Å². The van der Waals surface area contributed by atoms with E-state index in [1.54, 1.807) is 0 Å². The number of rotatable bonds is 3. The number of nitrogens with two attached hydrogens (primary N) is 1. The fraction of sp³-hybridized carbons (Fsp3) is 0.462. The molecule has 1 aromatic rings. The summed E-state index contributed by atoms with van der Waals surface area (Å²) in [5.74, 6) is 0. The Morgan fingerprint density at radius 2 is 2.50 bits per heavy atom. The van der Waals surface area contributed by atoms with Gasteiger partial charge in [-0.2, -0.15) is 0 Å². The number of hydrogen-bond acceptors (Lipinski definition) is 4. The molecule has 0 saturated carbocycles. The highest BCUT2D eigenvalue weighted by Gasteiger charge is 2.20. The van der Waals surface area contributed by atoms with Gasteiger partial charge in [-0.1, -0.05) is 12.2 Å². The summed E-state index contributed by atoms with van der Waals surface area (Å²) < 4.78 is 5.68. The molecule has 0 aromatic carbocycles. The standard InChI is InChI=1S/C13H16N2OS2/c14-12(17)9-4-8-5-11(18-13(8)15-7-9)6-10-2-1-3-16-10/h5,7,10,15H,1-4,6H2,(H2,14,17). The number of nitrogens with one attached hydrogen (secondary N) is 1. The van der Waals surface area contributed by atoms with Crippen molar-refractivity contribution < 1.29 is 4.74 Å². The first-order chi connectivity index (χ1) is 8.72. The van der Waals surface area contributed by atoms with Crippen molar-refractivity contribution in [3.63, 3.8) is 0 Å². The maximum Gasteiger partial charge on any atom is 0.101 e. The van der Waals surface area contributed by atoms with Gasteiger partial charge in [0.2, 0.25) is 0 Å². The minimum Gasteiger partial charge on any atom is -0.390 e. The van der Waals surface area contributed by atoms with Crippen LogP contribution in [0.2, 0.25) is 0 Å². The van der Waals surface area contributed by atoms with Crippen LogP contribution in [0.25, 0.3) is 0 Å². The van der Waals surface area contributed by atoms with Crippen LogP contribution in [-0.2, 0) is 17.6 Å². The van der Waals surface area contributed by atoms with Gasteiger partial charge in [0.05, 0.1) is 11.1 Å². The number of hydrogen-bond donors (Lipinski definition) is 2. The molecule has 0 aliphatic carbocycles. The number of thiophene rings is 1. The minimum absolute atomic E-state index is 0.410. The third-order valence-corrected chi connectivity index (χ3v) is 4.78. The van der Waals surface area contributed by atoms with Crippen LogP contribution in [-0.4, -0.2) is 17.7 Å². The average molecular weight is 280 g/mol. The SMILES string of the molecule is NC(=S)C1=CNc2sc(CC3CCCO3)cc2C1. The molecule has 1 atom stereocenters. The normalized spacial score (nSPS) is 22.2. The van der Waals surface area contributed by atoms with Crippen molar-refractivity contribution in [2.24, 2.45) is 5.73 Å². The average Bonchev–Trinajstić information content (AvgIpc) is 2.96. The van der Waals surface area contributed by atoms with E-state index in [0.717, 1.165) is 25.0 Å². The highest BCUT2D eigenvalue weighted by Crippen LogP contribution is 2.34. The van der Waals surface area contributed by atoms with E-state index in [1.807, 2.05) is 17.5 Å². The van der Waals surface area contributed by atoms with E-state index in [9.17, 15) is 0 Å². The maximum absolute atomic E-state index is 5.68. The third kappa shape index (κ3) is 2.43. The van der Waals surface area contributed by atoms with Crippen LogP contribution < -0.4 is 11.1 Å². The van der Waals surface area contributed by atoms with E-state index >= 15 is 0 Å². The van der Waals surface area contributed by atoms with Crippen LogP contribution in [0.4, 0.5) is 5.00 Å². The lowest BCUT2D eigenvalue weighted by Gasteiger charge is -2.13. The Labute approximate surface area is 116 Å². The molecule has 0 amide bonds. The lowest BCUT2D eigenvalue weighted by Crippen LogP contribution is -2.17.